The highest BCUT2D eigenvalue weighted by Crippen LogP contribution is 2.22. The van der Waals surface area contributed by atoms with Gasteiger partial charge in [0.05, 0.1) is 5.02 Å². The average molecular weight is 363 g/mol. The van der Waals surface area contributed by atoms with Crippen LogP contribution in [0.5, 0.6) is 0 Å². The van der Waals surface area contributed by atoms with Gasteiger partial charge in [0.1, 0.15) is 0 Å². The molecule has 47 valence electrons. The van der Waals surface area contributed by atoms with Gasteiger partial charge >= 0.3 is 0 Å². The third-order valence-electron chi connectivity index (χ3n) is 0.839. The van der Waals surface area contributed by atoms with Gasteiger partial charge in [0.2, 0.25) is 0 Å². The van der Waals surface area contributed by atoms with Gasteiger partial charge in [0.25, 0.3) is 0 Å². The maximum absolute atomic E-state index is 5.77. The van der Waals surface area contributed by atoms with Crippen LogP contribution in [0.2, 0.25) is 5.02 Å². The van der Waals surface area contributed by atoms with Crippen LogP contribution >= 0.6 is 56.8 Å². The molecule has 0 aliphatic rings. The van der Waals surface area contributed by atoms with Crippen LogP contribution in [-0.2, 0) is 0 Å². The Bertz CT molecular complexity index is 202. The molecule has 3 heteroatoms. The van der Waals surface area contributed by atoms with E-state index < -0.39 is 0 Å². The molecule has 0 amide bonds. The van der Waals surface area contributed by atoms with Crippen molar-refractivity contribution in [3.05, 3.63) is 30.4 Å². The highest BCUT2D eigenvalue weighted by atomic mass is 127. The lowest BCUT2D eigenvalue weighted by Crippen LogP contribution is -1.78. The van der Waals surface area contributed by atoms with E-state index in [-0.39, 0.29) is 0 Å². The van der Waals surface area contributed by atoms with E-state index in [1.54, 1.807) is 6.07 Å². The molecule has 0 N–H and O–H groups in total. The molecule has 0 heterocycles. The molecule has 9 heavy (non-hydrogen) atoms. The zero-order chi connectivity index (χ0) is 6.85. The summed E-state index contributed by atoms with van der Waals surface area (Å²) in [5.41, 5.74) is 0. The summed E-state index contributed by atoms with van der Waals surface area (Å²) in [6, 6.07) is 6.61. The van der Waals surface area contributed by atoms with Crippen molar-refractivity contribution in [3.8, 4) is 0 Å². The Balaban J connectivity index is 3.25. The molecule has 0 fully saturated rings. The van der Waals surface area contributed by atoms with Crippen molar-refractivity contribution in [3.63, 3.8) is 0 Å². The first-order valence-electron chi connectivity index (χ1n) is 2.22. The Hall–Kier alpha value is 0.970. The molecule has 0 bridgehead atoms. The largest absolute Gasteiger partial charge is 0.0831 e. The highest BCUT2D eigenvalue weighted by Gasteiger charge is 1.97. The van der Waals surface area contributed by atoms with Crippen LogP contribution in [0.15, 0.2) is 12.1 Å². The molecule has 0 unspecified atom stereocenters. The van der Waals surface area contributed by atoms with Crippen LogP contribution in [0.3, 0.4) is 0 Å². The molecule has 1 rings (SSSR count). The van der Waals surface area contributed by atoms with Crippen molar-refractivity contribution in [2.45, 2.75) is 0 Å². The Morgan fingerprint density at radius 2 is 2.00 bits per heavy atom. The summed E-state index contributed by atoms with van der Waals surface area (Å²) in [4.78, 5) is 0. The van der Waals surface area contributed by atoms with Crippen LogP contribution in [0.4, 0.5) is 0 Å². The maximum Gasteiger partial charge on any atom is 0.0556 e. The number of rotatable bonds is 0. The summed E-state index contributed by atoms with van der Waals surface area (Å²) in [7, 11) is 0. The van der Waals surface area contributed by atoms with Crippen LogP contribution in [0.1, 0.15) is 0 Å². The summed E-state index contributed by atoms with van der Waals surface area (Å²) >= 11 is 10.2. The van der Waals surface area contributed by atoms with Gasteiger partial charge in [0.15, 0.2) is 0 Å². The topological polar surface area (TPSA) is 0 Å². The van der Waals surface area contributed by atoms with E-state index in [0.29, 0.717) is 0 Å². The highest BCUT2D eigenvalue weighted by molar-refractivity contribution is 14.1. The Morgan fingerprint density at radius 3 is 2.44 bits per heavy atom. The first-order valence-corrected chi connectivity index (χ1v) is 4.76. The lowest BCUT2D eigenvalue weighted by Gasteiger charge is -1.94. The minimum atomic E-state index is 0.780. The van der Waals surface area contributed by atoms with Gasteiger partial charge in [-0.1, -0.05) is 11.6 Å². The molecule has 0 aromatic heterocycles. The SMILES string of the molecule is Clc1c[c]cc(I)c1I. The maximum atomic E-state index is 5.77. The number of halogens is 3. The van der Waals surface area contributed by atoms with Gasteiger partial charge in [-0.3, -0.25) is 0 Å². The predicted molar refractivity (Wildman–Crippen MR) is 55.7 cm³/mol. The molecule has 1 radical (unpaired) electrons. The third-order valence-corrected chi connectivity index (χ3v) is 4.50. The van der Waals surface area contributed by atoms with Gasteiger partial charge in [-0.05, 0) is 63.4 Å². The lowest BCUT2D eigenvalue weighted by atomic mass is 10.4. The Morgan fingerprint density at radius 1 is 1.33 bits per heavy atom. The van der Waals surface area contributed by atoms with E-state index in [0.717, 1.165) is 12.2 Å². The average Bonchev–Trinajstić information content (AvgIpc) is 1.83. The molecule has 0 aliphatic heterocycles. The second kappa shape index (κ2) is 3.39. The molecule has 0 nitrogen and oxygen atoms in total. The second-order valence-corrected chi connectivity index (χ2v) is 4.11. The Labute approximate surface area is 86.3 Å². The zero-order valence-electron chi connectivity index (χ0n) is 4.29. The van der Waals surface area contributed by atoms with Crippen molar-refractivity contribution in [1.82, 2.24) is 0 Å². The van der Waals surface area contributed by atoms with E-state index in [9.17, 15) is 0 Å². The summed E-state index contributed by atoms with van der Waals surface area (Å²) in [6.45, 7) is 0. The minimum absolute atomic E-state index is 0.780. The molecule has 1 aromatic carbocycles. The Kier molecular flexibility index (Phi) is 3.04. The van der Waals surface area contributed by atoms with E-state index in [1.807, 2.05) is 6.07 Å². The molecule has 1 aromatic rings. The van der Waals surface area contributed by atoms with Gasteiger partial charge in [-0.25, -0.2) is 0 Å². The smallest absolute Gasteiger partial charge is 0.0556 e. The first-order chi connectivity index (χ1) is 4.22. The van der Waals surface area contributed by atoms with Crippen molar-refractivity contribution in [1.29, 1.82) is 0 Å². The van der Waals surface area contributed by atoms with Gasteiger partial charge in [0, 0.05) is 7.14 Å². The number of hydrogen-bond acceptors (Lipinski definition) is 0. The van der Waals surface area contributed by atoms with Crippen molar-refractivity contribution >= 4 is 56.8 Å². The van der Waals surface area contributed by atoms with Crippen LogP contribution in [0, 0.1) is 13.2 Å². The van der Waals surface area contributed by atoms with E-state index >= 15 is 0 Å². The van der Waals surface area contributed by atoms with Crippen molar-refractivity contribution in [2.75, 3.05) is 0 Å². The quantitative estimate of drug-likeness (QED) is 0.490. The molecule has 0 saturated heterocycles. The van der Waals surface area contributed by atoms with Crippen LogP contribution in [0.25, 0.3) is 0 Å². The van der Waals surface area contributed by atoms with Gasteiger partial charge < -0.3 is 0 Å². The van der Waals surface area contributed by atoms with Gasteiger partial charge in [-0.2, -0.15) is 0 Å². The fourth-order valence-electron chi connectivity index (χ4n) is 0.429. The first kappa shape index (κ1) is 8.07. The fraction of sp³-hybridized carbons (Fsp3) is 0. The molecule has 0 spiro atoms. The second-order valence-electron chi connectivity index (χ2n) is 1.47. The predicted octanol–water partition coefficient (Wildman–Crippen LogP) is 3.35. The fourth-order valence-corrected chi connectivity index (χ4v) is 1.53. The molecular formula is C6H2ClI2. The van der Waals surface area contributed by atoms with Gasteiger partial charge in [-0.15, -0.1) is 0 Å². The summed E-state index contributed by atoms with van der Waals surface area (Å²) < 4.78 is 2.26. The van der Waals surface area contributed by atoms with E-state index in [4.69, 9.17) is 11.6 Å². The minimum Gasteiger partial charge on any atom is -0.0831 e. The van der Waals surface area contributed by atoms with E-state index in [2.05, 4.69) is 51.2 Å². The molecule has 0 atom stereocenters. The number of benzene rings is 1. The normalized spacial score (nSPS) is 9.67. The molecule has 0 saturated carbocycles. The monoisotopic (exact) mass is 363 g/mol. The third kappa shape index (κ3) is 1.94. The zero-order valence-corrected chi connectivity index (χ0v) is 9.36. The summed E-state index contributed by atoms with van der Waals surface area (Å²) in [6.07, 6.45) is 0. The van der Waals surface area contributed by atoms with E-state index in [1.165, 1.54) is 0 Å². The van der Waals surface area contributed by atoms with Crippen LogP contribution in [-0.4, -0.2) is 0 Å². The molecular weight excluding hydrogens is 361 g/mol. The number of hydrogen-bond donors (Lipinski definition) is 0. The van der Waals surface area contributed by atoms with Crippen molar-refractivity contribution < 1.29 is 0 Å². The molecule has 0 aliphatic carbocycles. The van der Waals surface area contributed by atoms with Crippen LogP contribution < -0.4 is 0 Å². The van der Waals surface area contributed by atoms with Crippen molar-refractivity contribution in [2.24, 2.45) is 0 Å². The summed E-state index contributed by atoms with van der Waals surface area (Å²) in [5.74, 6) is 0. The standard InChI is InChI=1S/C6H2ClI2/c7-4-2-1-3-5(8)6(4)9/h2-3H. The summed E-state index contributed by atoms with van der Waals surface area (Å²) in [5, 5.41) is 0.780. The lowest BCUT2D eigenvalue weighted by molar-refractivity contribution is 1.57.